The van der Waals surface area contributed by atoms with Crippen LogP contribution in [0, 0.1) is 0 Å². The third-order valence-corrected chi connectivity index (χ3v) is 7.70. The minimum absolute atomic E-state index is 0.0766. The molecule has 1 aromatic heterocycles. The first kappa shape index (κ1) is 23.4. The number of fused-ring (bicyclic) bond motifs is 2. The molecule has 2 aliphatic heterocycles. The van der Waals surface area contributed by atoms with E-state index in [2.05, 4.69) is 125 Å². The standard InChI is InChI=1S/C33H27B2N3O/c1-37-20-21-38(24-37)27-17-18-31-32(23-27)35(26-12-9-13-28(22-26)39-33-16-7-8-19-36-33)30-15-6-5-14-29(30)34(31)25-10-3-2-4-11-25/h2-23H,24H2,1H3. The minimum Gasteiger partial charge on any atom is -0.439 e. The second-order valence-electron chi connectivity index (χ2n) is 10.2. The first-order chi connectivity index (χ1) is 19.2. The molecule has 0 saturated carbocycles. The maximum absolute atomic E-state index is 6.16. The lowest BCUT2D eigenvalue weighted by Gasteiger charge is -2.33. The van der Waals surface area contributed by atoms with Crippen molar-refractivity contribution in [2.24, 2.45) is 0 Å². The summed E-state index contributed by atoms with van der Waals surface area (Å²) in [4.78, 5) is 8.85. The number of anilines is 1. The summed E-state index contributed by atoms with van der Waals surface area (Å²) in [6.07, 6.45) is 6.03. The third kappa shape index (κ3) is 4.38. The van der Waals surface area contributed by atoms with E-state index in [4.69, 9.17) is 4.74 Å². The van der Waals surface area contributed by atoms with E-state index in [0.29, 0.717) is 5.88 Å². The molecule has 0 fully saturated rings. The van der Waals surface area contributed by atoms with Crippen molar-refractivity contribution in [2.75, 3.05) is 18.6 Å². The summed E-state index contributed by atoms with van der Waals surface area (Å²) in [7, 11) is 2.10. The number of aromatic nitrogens is 1. The van der Waals surface area contributed by atoms with Gasteiger partial charge in [-0.25, -0.2) is 4.98 Å². The van der Waals surface area contributed by atoms with Crippen molar-refractivity contribution in [3.8, 4) is 11.6 Å². The monoisotopic (exact) mass is 503 g/mol. The van der Waals surface area contributed by atoms with Crippen LogP contribution in [0.5, 0.6) is 11.6 Å². The van der Waals surface area contributed by atoms with Crippen molar-refractivity contribution >= 4 is 51.9 Å². The molecular weight excluding hydrogens is 476 g/mol. The summed E-state index contributed by atoms with van der Waals surface area (Å²) >= 11 is 0. The summed E-state index contributed by atoms with van der Waals surface area (Å²) < 4.78 is 6.16. The predicted molar refractivity (Wildman–Crippen MR) is 164 cm³/mol. The molecule has 39 heavy (non-hydrogen) atoms. The molecule has 0 saturated heterocycles. The Balaban J connectivity index is 1.40. The Bertz CT molecular complexity index is 1660. The Morgan fingerprint density at radius 2 is 1.36 bits per heavy atom. The van der Waals surface area contributed by atoms with Crippen LogP contribution < -0.4 is 42.4 Å². The molecule has 0 spiro atoms. The average Bonchev–Trinajstić information content (AvgIpc) is 3.43. The summed E-state index contributed by atoms with van der Waals surface area (Å²) in [6.45, 7) is 1.09. The van der Waals surface area contributed by atoms with E-state index >= 15 is 0 Å². The Labute approximate surface area is 230 Å². The Morgan fingerprint density at radius 3 is 2.10 bits per heavy atom. The molecule has 0 aliphatic carbocycles. The topological polar surface area (TPSA) is 28.6 Å². The van der Waals surface area contributed by atoms with Crippen LogP contribution >= 0.6 is 0 Å². The van der Waals surface area contributed by atoms with Gasteiger partial charge in [0.05, 0.1) is 6.67 Å². The molecule has 0 unspecified atom stereocenters. The van der Waals surface area contributed by atoms with Crippen LogP contribution in [-0.2, 0) is 0 Å². The maximum atomic E-state index is 6.16. The number of pyridine rings is 1. The van der Waals surface area contributed by atoms with Gasteiger partial charge in [0.1, 0.15) is 5.75 Å². The molecule has 0 N–H and O–H groups in total. The van der Waals surface area contributed by atoms with Crippen LogP contribution in [0.25, 0.3) is 0 Å². The quantitative estimate of drug-likeness (QED) is 0.338. The molecule has 4 aromatic carbocycles. The van der Waals surface area contributed by atoms with E-state index in [9.17, 15) is 0 Å². The smallest absolute Gasteiger partial charge is 0.240 e. The molecule has 0 radical (unpaired) electrons. The largest absolute Gasteiger partial charge is 0.439 e. The average molecular weight is 503 g/mol. The van der Waals surface area contributed by atoms with Gasteiger partial charge >= 0.3 is 0 Å². The highest BCUT2D eigenvalue weighted by Gasteiger charge is 2.38. The molecule has 7 rings (SSSR count). The Morgan fingerprint density at radius 1 is 0.641 bits per heavy atom. The van der Waals surface area contributed by atoms with Crippen LogP contribution in [0.2, 0.25) is 0 Å². The van der Waals surface area contributed by atoms with E-state index in [1.54, 1.807) is 6.20 Å². The van der Waals surface area contributed by atoms with Crippen LogP contribution in [0.3, 0.4) is 0 Å². The van der Waals surface area contributed by atoms with Gasteiger partial charge in [0.25, 0.3) is 0 Å². The lowest BCUT2D eigenvalue weighted by atomic mass is 9.21. The van der Waals surface area contributed by atoms with Crippen LogP contribution in [0.15, 0.2) is 134 Å². The molecule has 186 valence electrons. The molecule has 3 heterocycles. The van der Waals surface area contributed by atoms with Gasteiger partial charge < -0.3 is 14.5 Å². The number of ether oxygens (including phenoxy) is 1. The SMILES string of the molecule is CN1C=CN(c2ccc3c(c2)B(c2cccc(Oc4ccccn4)c2)c2ccccc2B3c2ccccc2)C1. The highest BCUT2D eigenvalue weighted by atomic mass is 16.5. The highest BCUT2D eigenvalue weighted by Crippen LogP contribution is 2.20. The van der Waals surface area contributed by atoms with Gasteiger partial charge in [0.15, 0.2) is 0 Å². The summed E-state index contributed by atoms with van der Waals surface area (Å²) in [5.74, 6) is 1.38. The normalized spacial score (nSPS) is 13.9. The van der Waals surface area contributed by atoms with Crippen molar-refractivity contribution in [3.05, 3.63) is 134 Å². The van der Waals surface area contributed by atoms with Crippen LogP contribution in [0.4, 0.5) is 5.69 Å². The zero-order chi connectivity index (χ0) is 26.2. The summed E-state index contributed by atoms with van der Waals surface area (Å²) in [5, 5.41) is 0. The van der Waals surface area contributed by atoms with Gasteiger partial charge in [-0.05, 0) is 30.3 Å². The highest BCUT2D eigenvalue weighted by molar-refractivity contribution is 7.11. The molecule has 2 aliphatic rings. The fourth-order valence-electron chi connectivity index (χ4n) is 5.97. The molecular formula is C33H27B2N3O. The van der Waals surface area contributed by atoms with Gasteiger partial charge in [0.2, 0.25) is 19.3 Å². The number of hydrogen-bond acceptors (Lipinski definition) is 4. The number of hydrogen-bond donors (Lipinski definition) is 0. The van der Waals surface area contributed by atoms with Crippen molar-refractivity contribution in [3.63, 3.8) is 0 Å². The number of rotatable bonds is 5. The van der Waals surface area contributed by atoms with E-state index in [-0.39, 0.29) is 13.4 Å². The number of benzene rings is 4. The molecule has 5 aromatic rings. The zero-order valence-corrected chi connectivity index (χ0v) is 21.8. The van der Waals surface area contributed by atoms with Gasteiger partial charge in [0, 0.05) is 37.4 Å². The fourth-order valence-corrected chi connectivity index (χ4v) is 5.97. The minimum atomic E-state index is 0.0766. The third-order valence-electron chi connectivity index (χ3n) is 7.70. The second kappa shape index (κ2) is 9.88. The van der Waals surface area contributed by atoms with E-state index in [1.807, 2.05) is 24.3 Å². The lowest BCUT2D eigenvalue weighted by molar-refractivity contribution is 0.463. The van der Waals surface area contributed by atoms with E-state index in [0.717, 1.165) is 12.4 Å². The van der Waals surface area contributed by atoms with Crippen molar-refractivity contribution in [1.29, 1.82) is 0 Å². The van der Waals surface area contributed by atoms with Crippen molar-refractivity contribution < 1.29 is 4.74 Å². The van der Waals surface area contributed by atoms with Crippen molar-refractivity contribution in [2.45, 2.75) is 0 Å². The second-order valence-corrected chi connectivity index (χ2v) is 10.2. The first-order valence-corrected chi connectivity index (χ1v) is 13.4. The van der Waals surface area contributed by atoms with Crippen molar-refractivity contribution in [1.82, 2.24) is 9.88 Å². The van der Waals surface area contributed by atoms with Gasteiger partial charge in [-0.1, -0.05) is 112 Å². The molecule has 6 heteroatoms. The molecule has 0 amide bonds. The van der Waals surface area contributed by atoms with Gasteiger partial charge in [-0.3, -0.25) is 0 Å². The van der Waals surface area contributed by atoms with Crippen LogP contribution in [0.1, 0.15) is 0 Å². The molecule has 0 atom stereocenters. The van der Waals surface area contributed by atoms with Gasteiger partial charge in [-0.2, -0.15) is 0 Å². The summed E-state index contributed by atoms with van der Waals surface area (Å²) in [5.41, 5.74) is 9.08. The maximum Gasteiger partial charge on any atom is 0.240 e. The van der Waals surface area contributed by atoms with Crippen LogP contribution in [-0.4, -0.2) is 37.0 Å². The Hall–Kier alpha value is -4.70. The number of nitrogens with zero attached hydrogens (tertiary/aromatic N) is 3. The predicted octanol–water partition coefficient (Wildman–Crippen LogP) is 2.40. The van der Waals surface area contributed by atoms with E-state index in [1.165, 1.54) is 38.5 Å². The zero-order valence-electron chi connectivity index (χ0n) is 21.8. The van der Waals surface area contributed by atoms with E-state index < -0.39 is 0 Å². The molecule has 0 bridgehead atoms. The van der Waals surface area contributed by atoms with Gasteiger partial charge in [-0.15, -0.1) is 0 Å². The Kier molecular flexibility index (Phi) is 5.93. The lowest BCUT2D eigenvalue weighted by Crippen LogP contribution is -2.75. The fraction of sp³-hybridized carbons (Fsp3) is 0.0606. The molecule has 4 nitrogen and oxygen atoms in total. The summed E-state index contributed by atoms with van der Waals surface area (Å²) in [6, 6.07) is 41.0. The first-order valence-electron chi connectivity index (χ1n) is 13.4.